The molecule has 0 saturated carbocycles. The molecule has 0 aliphatic rings. The molecule has 0 heterocycles. The number of amides is 2. The second-order valence-corrected chi connectivity index (χ2v) is 7.92. The maximum atomic E-state index is 12.0. The van der Waals surface area contributed by atoms with Crippen molar-refractivity contribution in [3.63, 3.8) is 0 Å². The first-order chi connectivity index (χ1) is 17.3. The van der Waals surface area contributed by atoms with Crippen molar-refractivity contribution in [1.29, 1.82) is 0 Å². The third kappa shape index (κ3) is 8.30. The maximum absolute atomic E-state index is 12.0. The number of benzene rings is 2. The van der Waals surface area contributed by atoms with Gasteiger partial charge in [0.25, 0.3) is 0 Å². The van der Waals surface area contributed by atoms with E-state index in [1.54, 1.807) is 24.3 Å². The fourth-order valence-electron chi connectivity index (χ4n) is 3.54. The Balaban J connectivity index is 1.79. The summed E-state index contributed by atoms with van der Waals surface area (Å²) < 4.78 is 0. The van der Waals surface area contributed by atoms with Gasteiger partial charge in [-0.15, -0.1) is 0 Å². The highest BCUT2D eigenvalue weighted by molar-refractivity contribution is 5.88. The first-order valence-electron chi connectivity index (χ1n) is 12.1. The summed E-state index contributed by atoms with van der Waals surface area (Å²) in [5.74, 6) is -0.782. The van der Waals surface area contributed by atoms with Gasteiger partial charge in [0, 0.05) is 73.7 Å². The monoisotopic (exact) mass is 496 g/mol. The fourth-order valence-corrected chi connectivity index (χ4v) is 3.54. The van der Waals surface area contributed by atoms with Crippen LogP contribution in [0.15, 0.2) is 46.6 Å². The molecular weight excluding hydrogens is 460 g/mol. The van der Waals surface area contributed by atoms with E-state index in [1.807, 2.05) is 39.8 Å². The molecule has 2 rings (SSSR count). The molecule has 0 aliphatic carbocycles. The van der Waals surface area contributed by atoms with Crippen LogP contribution in [-0.4, -0.2) is 60.6 Å². The van der Waals surface area contributed by atoms with Gasteiger partial charge in [0.1, 0.15) is 11.5 Å². The molecule has 4 N–H and O–H groups in total. The number of nitrogens with zero attached hydrogens (tertiary/aromatic N) is 4. The molecule has 0 atom stereocenters. The molecule has 10 heteroatoms. The van der Waals surface area contributed by atoms with E-state index in [0.717, 1.165) is 37.6 Å². The Hall–Kier alpha value is -4.08. The predicted octanol–water partition coefficient (Wildman–Crippen LogP) is 3.17. The number of phenols is 2. The van der Waals surface area contributed by atoms with Crippen LogP contribution in [0, 0.1) is 0 Å². The third-order valence-electron chi connectivity index (χ3n) is 5.65. The Bertz CT molecular complexity index is 993. The molecule has 0 spiro atoms. The highest BCUT2D eigenvalue weighted by atomic mass is 16.3. The van der Waals surface area contributed by atoms with Gasteiger partial charge < -0.3 is 20.0 Å². The van der Waals surface area contributed by atoms with Crippen LogP contribution in [-0.2, 0) is 9.59 Å². The van der Waals surface area contributed by atoms with Gasteiger partial charge in [-0.1, -0.05) is 0 Å². The molecule has 0 radical (unpaired) electrons. The summed E-state index contributed by atoms with van der Waals surface area (Å²) in [4.78, 5) is 28.1. The average molecular weight is 497 g/mol. The zero-order chi connectivity index (χ0) is 26.5. The summed E-state index contributed by atoms with van der Waals surface area (Å²) in [6, 6.07) is 10.5. The van der Waals surface area contributed by atoms with Crippen LogP contribution in [0.25, 0.3) is 0 Å². The fraction of sp³-hybridized carbons (Fsp3) is 0.385. The number of rotatable bonds is 13. The van der Waals surface area contributed by atoms with Crippen molar-refractivity contribution in [3.8, 4) is 11.5 Å². The summed E-state index contributed by atoms with van der Waals surface area (Å²) in [6.07, 6.45) is 2.52. The molecule has 2 amide bonds. The Labute approximate surface area is 212 Å². The van der Waals surface area contributed by atoms with E-state index in [4.69, 9.17) is 0 Å². The number of carbonyl (C=O) groups excluding carboxylic acids is 2. The first-order valence-corrected chi connectivity index (χ1v) is 12.1. The summed E-state index contributed by atoms with van der Waals surface area (Å²) >= 11 is 0. The molecule has 0 aliphatic heterocycles. The number of carbonyl (C=O) groups is 2. The van der Waals surface area contributed by atoms with E-state index in [0.29, 0.717) is 11.1 Å². The number of hydrazone groups is 2. The minimum Gasteiger partial charge on any atom is -0.507 e. The number of hydrogen-bond donors (Lipinski definition) is 4. The van der Waals surface area contributed by atoms with Gasteiger partial charge >= 0.3 is 0 Å². The lowest BCUT2D eigenvalue weighted by Gasteiger charge is -2.21. The van der Waals surface area contributed by atoms with Crippen molar-refractivity contribution in [2.24, 2.45) is 10.2 Å². The Morgan fingerprint density at radius 1 is 0.722 bits per heavy atom. The average Bonchev–Trinajstić information content (AvgIpc) is 2.86. The largest absolute Gasteiger partial charge is 0.507 e. The number of phenolic OH excluding ortho intramolecular Hbond substituents is 2. The molecule has 2 aromatic carbocycles. The first kappa shape index (κ1) is 28.2. The lowest BCUT2D eigenvalue weighted by Crippen LogP contribution is -2.23. The minimum atomic E-state index is -0.450. The number of nitrogens with one attached hydrogen (secondary N) is 2. The van der Waals surface area contributed by atoms with E-state index in [9.17, 15) is 19.8 Å². The van der Waals surface area contributed by atoms with Gasteiger partial charge in [-0.05, 0) is 52.0 Å². The molecule has 0 saturated heterocycles. The lowest BCUT2D eigenvalue weighted by atomic mass is 10.2. The van der Waals surface area contributed by atoms with Crippen LogP contribution in [0.5, 0.6) is 11.5 Å². The van der Waals surface area contributed by atoms with Crippen molar-refractivity contribution in [3.05, 3.63) is 47.5 Å². The topological polar surface area (TPSA) is 130 Å². The summed E-state index contributed by atoms with van der Waals surface area (Å²) in [6.45, 7) is 11.4. The summed E-state index contributed by atoms with van der Waals surface area (Å²) in [7, 11) is 0. The van der Waals surface area contributed by atoms with Crippen LogP contribution in [0.1, 0.15) is 51.7 Å². The maximum Gasteiger partial charge on any atom is 0.240 e. The SMILES string of the molecule is CCN(CC)c1ccc(/C=N\NC(=O)CCC(=O)N/N=C/c2ccc(N(CC)CC)cc2O)c(O)c1. The highest BCUT2D eigenvalue weighted by Crippen LogP contribution is 2.24. The quantitative estimate of drug-likeness (QED) is 0.249. The lowest BCUT2D eigenvalue weighted by molar-refractivity contribution is -0.126. The van der Waals surface area contributed by atoms with E-state index in [1.165, 1.54) is 12.4 Å². The molecule has 0 bridgehead atoms. The van der Waals surface area contributed by atoms with Crippen LogP contribution >= 0.6 is 0 Å². The van der Waals surface area contributed by atoms with E-state index in [2.05, 4.69) is 30.9 Å². The summed E-state index contributed by atoms with van der Waals surface area (Å²) in [5, 5.41) is 28.1. The molecule has 0 unspecified atom stereocenters. The minimum absolute atomic E-state index is 0.0587. The van der Waals surface area contributed by atoms with Gasteiger partial charge in [0.15, 0.2) is 0 Å². The molecule has 0 aromatic heterocycles. The summed E-state index contributed by atoms with van der Waals surface area (Å²) in [5.41, 5.74) is 7.41. The molecule has 194 valence electrons. The van der Waals surface area contributed by atoms with E-state index < -0.39 is 11.8 Å². The van der Waals surface area contributed by atoms with Crippen molar-refractivity contribution < 1.29 is 19.8 Å². The number of hydrogen-bond acceptors (Lipinski definition) is 8. The predicted molar refractivity (Wildman–Crippen MR) is 144 cm³/mol. The molecule has 2 aromatic rings. The third-order valence-corrected chi connectivity index (χ3v) is 5.65. The normalized spacial score (nSPS) is 11.1. The van der Waals surface area contributed by atoms with Gasteiger partial charge in [-0.3, -0.25) is 9.59 Å². The molecule has 0 fully saturated rings. The van der Waals surface area contributed by atoms with Gasteiger partial charge in [-0.2, -0.15) is 10.2 Å². The van der Waals surface area contributed by atoms with Crippen LogP contribution in [0.3, 0.4) is 0 Å². The second-order valence-electron chi connectivity index (χ2n) is 7.92. The second kappa shape index (κ2) is 14.3. The van der Waals surface area contributed by atoms with Crippen molar-refractivity contribution in [2.75, 3.05) is 36.0 Å². The van der Waals surface area contributed by atoms with Crippen LogP contribution < -0.4 is 20.7 Å². The Kier molecular flexibility index (Phi) is 11.2. The van der Waals surface area contributed by atoms with Crippen molar-refractivity contribution in [1.82, 2.24) is 10.9 Å². The molecular formula is C26H36N6O4. The Morgan fingerprint density at radius 2 is 1.08 bits per heavy atom. The van der Waals surface area contributed by atoms with Crippen molar-refractivity contribution in [2.45, 2.75) is 40.5 Å². The Morgan fingerprint density at radius 3 is 1.39 bits per heavy atom. The van der Waals surface area contributed by atoms with Crippen molar-refractivity contribution >= 4 is 35.6 Å². The number of aromatic hydroxyl groups is 2. The molecule has 36 heavy (non-hydrogen) atoms. The highest BCUT2D eigenvalue weighted by Gasteiger charge is 2.08. The van der Waals surface area contributed by atoms with E-state index >= 15 is 0 Å². The van der Waals surface area contributed by atoms with Gasteiger partial charge in [-0.25, -0.2) is 10.9 Å². The van der Waals surface area contributed by atoms with Crippen LogP contribution in [0.4, 0.5) is 11.4 Å². The van der Waals surface area contributed by atoms with Gasteiger partial charge in [0.2, 0.25) is 11.8 Å². The smallest absolute Gasteiger partial charge is 0.240 e. The van der Waals surface area contributed by atoms with E-state index in [-0.39, 0.29) is 24.3 Å². The zero-order valence-electron chi connectivity index (χ0n) is 21.4. The number of anilines is 2. The standard InChI is InChI=1S/C26H36N6O4/c1-5-31(6-2)21-11-9-19(23(33)15-21)17-27-29-25(35)13-14-26(36)30-28-18-20-10-12-22(16-24(20)34)32(7-3)8-4/h9-12,15-18,33-34H,5-8,13-14H2,1-4H3,(H,29,35)(H,30,36)/b27-17-,28-18+. The molecule has 10 nitrogen and oxygen atoms in total. The zero-order valence-corrected chi connectivity index (χ0v) is 21.4. The van der Waals surface area contributed by atoms with Gasteiger partial charge in [0.05, 0.1) is 12.4 Å². The van der Waals surface area contributed by atoms with Crippen LogP contribution in [0.2, 0.25) is 0 Å².